The number of hydrogen-bond donors (Lipinski definition) is 1. The number of ether oxygens (including phenoxy) is 1. The van der Waals surface area contributed by atoms with Crippen molar-refractivity contribution in [1.29, 1.82) is 0 Å². The van der Waals surface area contributed by atoms with Gasteiger partial charge < -0.3 is 10.1 Å². The average molecular weight is 194 g/mol. The summed E-state index contributed by atoms with van der Waals surface area (Å²) in [5.41, 5.74) is 1.34. The number of aromatic nitrogens is 1. The van der Waals surface area contributed by atoms with E-state index in [1.807, 2.05) is 6.92 Å². The largest absolute Gasteiger partial charge is 0.462 e. The van der Waals surface area contributed by atoms with E-state index in [9.17, 15) is 4.79 Å². The van der Waals surface area contributed by atoms with Gasteiger partial charge in [-0.05, 0) is 26.0 Å². The number of nitrogens with one attached hydrogen (secondary N) is 1. The van der Waals surface area contributed by atoms with Crippen LogP contribution >= 0.6 is 0 Å². The fourth-order valence-electron chi connectivity index (χ4n) is 1.12. The monoisotopic (exact) mass is 194 g/mol. The van der Waals surface area contributed by atoms with Crippen molar-refractivity contribution in [1.82, 2.24) is 4.98 Å². The zero-order chi connectivity index (χ0) is 10.6. The Hall–Kier alpha value is -1.58. The molecule has 0 spiro atoms. The van der Waals surface area contributed by atoms with Crippen LogP contribution in [-0.2, 0) is 4.74 Å². The number of aryl methyl sites for hydroxylation is 1. The van der Waals surface area contributed by atoms with E-state index in [0.29, 0.717) is 18.0 Å². The Labute approximate surface area is 83.3 Å². The number of carbonyl (C=O) groups is 1. The molecule has 0 bridgehead atoms. The SMILES string of the molecule is CCOC(=O)c1ccc(C)nc1NC. The molecule has 0 aliphatic carbocycles. The normalized spacial score (nSPS) is 9.64. The van der Waals surface area contributed by atoms with Gasteiger partial charge in [0.1, 0.15) is 11.4 Å². The lowest BCUT2D eigenvalue weighted by Crippen LogP contribution is -2.09. The highest BCUT2D eigenvalue weighted by molar-refractivity contribution is 5.94. The van der Waals surface area contributed by atoms with Gasteiger partial charge in [-0.25, -0.2) is 9.78 Å². The van der Waals surface area contributed by atoms with Gasteiger partial charge in [-0.3, -0.25) is 0 Å². The molecule has 0 saturated carbocycles. The van der Waals surface area contributed by atoms with Gasteiger partial charge in [0.05, 0.1) is 6.61 Å². The summed E-state index contributed by atoms with van der Waals surface area (Å²) in [5.74, 6) is 0.216. The van der Waals surface area contributed by atoms with Crippen molar-refractivity contribution in [3.63, 3.8) is 0 Å². The predicted molar refractivity (Wildman–Crippen MR) is 54.5 cm³/mol. The fourth-order valence-corrected chi connectivity index (χ4v) is 1.12. The second-order valence-electron chi connectivity index (χ2n) is 2.82. The van der Waals surface area contributed by atoms with E-state index in [1.54, 1.807) is 26.1 Å². The third-order valence-electron chi connectivity index (χ3n) is 1.77. The summed E-state index contributed by atoms with van der Waals surface area (Å²) in [6.07, 6.45) is 0. The van der Waals surface area contributed by atoms with Crippen LogP contribution in [0.5, 0.6) is 0 Å². The Bertz CT molecular complexity index is 337. The van der Waals surface area contributed by atoms with Crippen LogP contribution in [0.25, 0.3) is 0 Å². The highest BCUT2D eigenvalue weighted by Gasteiger charge is 2.12. The minimum absolute atomic E-state index is 0.343. The molecule has 4 heteroatoms. The topological polar surface area (TPSA) is 51.2 Å². The van der Waals surface area contributed by atoms with Crippen molar-refractivity contribution >= 4 is 11.8 Å². The highest BCUT2D eigenvalue weighted by atomic mass is 16.5. The van der Waals surface area contributed by atoms with Crippen LogP contribution in [0.1, 0.15) is 23.0 Å². The summed E-state index contributed by atoms with van der Waals surface area (Å²) in [5, 5.41) is 2.86. The summed E-state index contributed by atoms with van der Waals surface area (Å²) in [7, 11) is 1.73. The maximum absolute atomic E-state index is 11.4. The van der Waals surface area contributed by atoms with Crippen LogP contribution in [0.15, 0.2) is 12.1 Å². The van der Waals surface area contributed by atoms with Gasteiger partial charge in [-0.1, -0.05) is 0 Å². The third-order valence-corrected chi connectivity index (χ3v) is 1.77. The van der Waals surface area contributed by atoms with Crippen LogP contribution in [0.4, 0.5) is 5.82 Å². The lowest BCUT2D eigenvalue weighted by atomic mass is 10.2. The molecule has 0 fully saturated rings. The maximum Gasteiger partial charge on any atom is 0.341 e. The smallest absolute Gasteiger partial charge is 0.341 e. The van der Waals surface area contributed by atoms with Crippen LogP contribution in [0.3, 0.4) is 0 Å². The van der Waals surface area contributed by atoms with Gasteiger partial charge in [0, 0.05) is 12.7 Å². The molecule has 0 radical (unpaired) electrons. The van der Waals surface area contributed by atoms with Crippen molar-refractivity contribution in [2.24, 2.45) is 0 Å². The van der Waals surface area contributed by atoms with E-state index in [1.165, 1.54) is 0 Å². The minimum atomic E-state index is -0.343. The molecule has 0 aromatic carbocycles. The zero-order valence-corrected chi connectivity index (χ0v) is 8.63. The van der Waals surface area contributed by atoms with Crippen LogP contribution in [0, 0.1) is 6.92 Å². The Morgan fingerprint density at radius 1 is 1.57 bits per heavy atom. The molecule has 14 heavy (non-hydrogen) atoms. The number of carbonyl (C=O) groups excluding carboxylic acids is 1. The molecule has 0 atom stereocenters. The predicted octanol–water partition coefficient (Wildman–Crippen LogP) is 1.61. The summed E-state index contributed by atoms with van der Waals surface area (Å²) in [4.78, 5) is 15.6. The van der Waals surface area contributed by atoms with Gasteiger partial charge in [-0.15, -0.1) is 0 Å². The van der Waals surface area contributed by atoms with E-state index >= 15 is 0 Å². The highest BCUT2D eigenvalue weighted by Crippen LogP contribution is 2.13. The van der Waals surface area contributed by atoms with E-state index < -0.39 is 0 Å². The summed E-state index contributed by atoms with van der Waals surface area (Å²) >= 11 is 0. The van der Waals surface area contributed by atoms with Crippen LogP contribution < -0.4 is 5.32 Å². The lowest BCUT2D eigenvalue weighted by Gasteiger charge is -2.07. The number of rotatable bonds is 3. The molecule has 4 nitrogen and oxygen atoms in total. The van der Waals surface area contributed by atoms with Gasteiger partial charge >= 0.3 is 5.97 Å². The first kappa shape index (κ1) is 10.5. The van der Waals surface area contributed by atoms with Crippen molar-refractivity contribution in [3.05, 3.63) is 23.4 Å². The molecule has 0 aliphatic rings. The zero-order valence-electron chi connectivity index (χ0n) is 8.63. The van der Waals surface area contributed by atoms with E-state index in [0.717, 1.165) is 5.69 Å². The van der Waals surface area contributed by atoms with Gasteiger partial charge in [0.25, 0.3) is 0 Å². The molecule has 1 heterocycles. The molecule has 1 aromatic rings. The van der Waals surface area contributed by atoms with Gasteiger partial charge in [-0.2, -0.15) is 0 Å². The molecule has 1 aromatic heterocycles. The van der Waals surface area contributed by atoms with Gasteiger partial charge in [0.2, 0.25) is 0 Å². The van der Waals surface area contributed by atoms with Crippen LogP contribution in [0.2, 0.25) is 0 Å². The molecule has 0 aliphatic heterocycles. The number of esters is 1. The Balaban J connectivity index is 3.01. The lowest BCUT2D eigenvalue weighted by molar-refractivity contribution is 0.0527. The van der Waals surface area contributed by atoms with Crippen molar-refractivity contribution in [2.45, 2.75) is 13.8 Å². The van der Waals surface area contributed by atoms with Crippen molar-refractivity contribution in [3.8, 4) is 0 Å². The molecule has 0 unspecified atom stereocenters. The molecule has 1 N–H and O–H groups in total. The Morgan fingerprint density at radius 3 is 2.86 bits per heavy atom. The number of anilines is 1. The summed E-state index contributed by atoms with van der Waals surface area (Å²) in [6.45, 7) is 4.02. The molecule has 0 amide bonds. The summed E-state index contributed by atoms with van der Waals surface area (Å²) in [6, 6.07) is 3.50. The standard InChI is InChI=1S/C10H14N2O2/c1-4-14-10(13)8-6-5-7(2)12-9(8)11-3/h5-6H,4H2,1-3H3,(H,11,12). The number of pyridine rings is 1. The molecule has 0 saturated heterocycles. The average Bonchev–Trinajstić information content (AvgIpc) is 2.17. The minimum Gasteiger partial charge on any atom is -0.462 e. The van der Waals surface area contributed by atoms with E-state index in [4.69, 9.17) is 4.74 Å². The van der Waals surface area contributed by atoms with Gasteiger partial charge in [0.15, 0.2) is 0 Å². The quantitative estimate of drug-likeness (QED) is 0.743. The van der Waals surface area contributed by atoms with Crippen LogP contribution in [-0.4, -0.2) is 24.6 Å². The first-order valence-corrected chi connectivity index (χ1v) is 4.51. The maximum atomic E-state index is 11.4. The summed E-state index contributed by atoms with van der Waals surface area (Å²) < 4.78 is 4.89. The number of hydrogen-bond acceptors (Lipinski definition) is 4. The van der Waals surface area contributed by atoms with Crippen molar-refractivity contribution in [2.75, 3.05) is 19.0 Å². The number of nitrogens with zero attached hydrogens (tertiary/aromatic N) is 1. The van der Waals surface area contributed by atoms with E-state index in [2.05, 4.69) is 10.3 Å². The molecule has 1 rings (SSSR count). The van der Waals surface area contributed by atoms with E-state index in [-0.39, 0.29) is 5.97 Å². The van der Waals surface area contributed by atoms with Crippen molar-refractivity contribution < 1.29 is 9.53 Å². The first-order valence-electron chi connectivity index (χ1n) is 4.51. The Morgan fingerprint density at radius 2 is 2.29 bits per heavy atom. The second-order valence-corrected chi connectivity index (χ2v) is 2.82. The fraction of sp³-hybridized carbons (Fsp3) is 0.400. The first-order chi connectivity index (χ1) is 6.69. The molecular formula is C10H14N2O2. The molecule has 76 valence electrons. The third kappa shape index (κ3) is 2.22. The Kier molecular flexibility index (Phi) is 3.45. The second kappa shape index (κ2) is 4.60. The molecular weight excluding hydrogens is 180 g/mol.